The number of benzene rings is 2. The van der Waals surface area contributed by atoms with Gasteiger partial charge in [-0.25, -0.2) is 13.8 Å². The molecule has 0 aromatic heterocycles. The molecule has 0 saturated heterocycles. The van der Waals surface area contributed by atoms with Gasteiger partial charge in [-0.1, -0.05) is 12.1 Å². The Balaban J connectivity index is 2.16. The van der Waals surface area contributed by atoms with E-state index in [4.69, 9.17) is 9.47 Å². The first-order valence-electron chi connectivity index (χ1n) is 8.75. The Morgan fingerprint density at radius 3 is 2.38 bits per heavy atom. The van der Waals surface area contributed by atoms with Crippen LogP contribution in [-0.4, -0.2) is 47.1 Å². The van der Waals surface area contributed by atoms with Crippen molar-refractivity contribution in [2.45, 2.75) is 13.8 Å². The highest BCUT2D eigenvalue weighted by Crippen LogP contribution is 2.27. The molecule has 0 spiro atoms. The van der Waals surface area contributed by atoms with Crippen molar-refractivity contribution in [1.82, 2.24) is 5.43 Å². The molecule has 29 heavy (non-hydrogen) atoms. The third kappa shape index (κ3) is 5.95. The summed E-state index contributed by atoms with van der Waals surface area (Å²) < 4.78 is 35.8. The van der Waals surface area contributed by atoms with E-state index in [9.17, 15) is 13.2 Å². The minimum atomic E-state index is -3.64. The van der Waals surface area contributed by atoms with Gasteiger partial charge in [0.25, 0.3) is 5.91 Å². The lowest BCUT2D eigenvalue weighted by Gasteiger charge is -2.21. The molecule has 0 heterocycles. The number of sulfonamides is 1. The van der Waals surface area contributed by atoms with Crippen LogP contribution in [0.3, 0.4) is 0 Å². The van der Waals surface area contributed by atoms with Crippen LogP contribution in [0.2, 0.25) is 0 Å². The standard InChI is InChI=1S/C20H25N3O5S/c1-14-7-6-8-17(11-14)23(29(5,25)26)13-20(24)22-21-15(2)16-9-10-18(27-3)19(12-16)28-4/h6-12H,13H2,1-5H3,(H,22,24)/b21-15+. The van der Waals surface area contributed by atoms with Crippen molar-refractivity contribution >= 4 is 27.3 Å². The number of hydrogen-bond acceptors (Lipinski definition) is 6. The number of methoxy groups -OCH3 is 2. The molecule has 0 aliphatic carbocycles. The highest BCUT2D eigenvalue weighted by molar-refractivity contribution is 7.92. The van der Waals surface area contributed by atoms with Crippen molar-refractivity contribution < 1.29 is 22.7 Å². The van der Waals surface area contributed by atoms with Crippen LogP contribution in [0.4, 0.5) is 5.69 Å². The van der Waals surface area contributed by atoms with Crippen LogP contribution >= 0.6 is 0 Å². The van der Waals surface area contributed by atoms with Crippen molar-refractivity contribution in [3.8, 4) is 11.5 Å². The first-order chi connectivity index (χ1) is 13.7. The largest absolute Gasteiger partial charge is 0.493 e. The van der Waals surface area contributed by atoms with E-state index < -0.39 is 15.9 Å². The molecule has 1 amide bonds. The van der Waals surface area contributed by atoms with E-state index in [-0.39, 0.29) is 6.54 Å². The molecule has 9 heteroatoms. The number of anilines is 1. The SMILES string of the molecule is COc1ccc(/C(C)=N/NC(=O)CN(c2cccc(C)c2)S(C)(=O)=O)cc1OC. The van der Waals surface area contributed by atoms with Crippen molar-refractivity contribution in [3.05, 3.63) is 53.6 Å². The number of hydrogen-bond donors (Lipinski definition) is 1. The molecule has 2 aromatic rings. The maximum absolute atomic E-state index is 12.3. The summed E-state index contributed by atoms with van der Waals surface area (Å²) in [5.41, 5.74) is 4.96. The van der Waals surface area contributed by atoms with Gasteiger partial charge in [0.05, 0.1) is 31.9 Å². The quantitative estimate of drug-likeness (QED) is 0.523. The van der Waals surface area contributed by atoms with Crippen LogP contribution in [0.25, 0.3) is 0 Å². The molecule has 0 unspecified atom stereocenters. The Bertz CT molecular complexity index is 1020. The average Bonchev–Trinajstić information content (AvgIpc) is 2.68. The Labute approximate surface area is 171 Å². The summed E-state index contributed by atoms with van der Waals surface area (Å²) >= 11 is 0. The Morgan fingerprint density at radius 2 is 1.79 bits per heavy atom. The number of aryl methyl sites for hydroxylation is 1. The van der Waals surface area contributed by atoms with Gasteiger partial charge in [-0.05, 0) is 49.7 Å². The summed E-state index contributed by atoms with van der Waals surface area (Å²) in [5, 5.41) is 4.07. The number of carbonyl (C=O) groups is 1. The van der Waals surface area contributed by atoms with Crippen molar-refractivity contribution in [2.75, 3.05) is 31.3 Å². The molecule has 0 bridgehead atoms. The van der Waals surface area contributed by atoms with Gasteiger partial charge < -0.3 is 9.47 Å². The van der Waals surface area contributed by atoms with E-state index >= 15 is 0 Å². The molecular formula is C20H25N3O5S. The second-order valence-electron chi connectivity index (χ2n) is 6.41. The highest BCUT2D eigenvalue weighted by Gasteiger charge is 2.21. The molecule has 156 valence electrons. The molecule has 0 aliphatic rings. The minimum Gasteiger partial charge on any atom is -0.493 e. The summed E-state index contributed by atoms with van der Waals surface area (Å²) in [6.45, 7) is 3.18. The molecule has 1 N–H and O–H groups in total. The van der Waals surface area contributed by atoms with Gasteiger partial charge in [0, 0.05) is 5.56 Å². The number of carbonyl (C=O) groups excluding carboxylic acids is 1. The van der Waals surface area contributed by atoms with E-state index in [1.165, 1.54) is 7.11 Å². The van der Waals surface area contributed by atoms with E-state index in [0.717, 1.165) is 21.7 Å². The molecular weight excluding hydrogens is 394 g/mol. The molecule has 0 radical (unpaired) electrons. The predicted octanol–water partition coefficient (Wildman–Crippen LogP) is 2.32. The van der Waals surface area contributed by atoms with Crippen LogP contribution in [-0.2, 0) is 14.8 Å². The van der Waals surface area contributed by atoms with E-state index in [0.29, 0.717) is 22.9 Å². The first kappa shape index (κ1) is 22.2. The van der Waals surface area contributed by atoms with Crippen LogP contribution in [0, 0.1) is 6.92 Å². The maximum Gasteiger partial charge on any atom is 0.260 e. The first-order valence-corrected chi connectivity index (χ1v) is 10.6. The van der Waals surface area contributed by atoms with Gasteiger partial charge in [-0.3, -0.25) is 9.10 Å². The maximum atomic E-state index is 12.3. The van der Waals surface area contributed by atoms with Crippen molar-refractivity contribution in [2.24, 2.45) is 5.10 Å². The lowest BCUT2D eigenvalue weighted by atomic mass is 10.1. The van der Waals surface area contributed by atoms with Gasteiger partial charge in [0.1, 0.15) is 6.54 Å². The zero-order chi connectivity index (χ0) is 21.6. The zero-order valence-electron chi connectivity index (χ0n) is 17.1. The monoisotopic (exact) mass is 419 g/mol. The van der Waals surface area contributed by atoms with E-state index in [1.54, 1.807) is 50.4 Å². The molecule has 2 rings (SSSR count). The topological polar surface area (TPSA) is 97.3 Å². The second kappa shape index (κ2) is 9.42. The van der Waals surface area contributed by atoms with Crippen LogP contribution < -0.4 is 19.2 Å². The number of amides is 1. The van der Waals surface area contributed by atoms with E-state index in [1.807, 2.05) is 13.0 Å². The number of ether oxygens (including phenoxy) is 2. The predicted molar refractivity (Wildman–Crippen MR) is 113 cm³/mol. The Kier molecular flexibility index (Phi) is 7.22. The van der Waals surface area contributed by atoms with Crippen molar-refractivity contribution in [3.63, 3.8) is 0 Å². The normalized spacial score (nSPS) is 11.7. The van der Waals surface area contributed by atoms with Crippen LogP contribution in [0.15, 0.2) is 47.6 Å². The minimum absolute atomic E-state index is 0.384. The van der Waals surface area contributed by atoms with Gasteiger partial charge >= 0.3 is 0 Å². The summed E-state index contributed by atoms with van der Waals surface area (Å²) in [7, 11) is -0.573. The molecule has 0 atom stereocenters. The number of rotatable bonds is 8. The fourth-order valence-electron chi connectivity index (χ4n) is 2.62. The van der Waals surface area contributed by atoms with Crippen molar-refractivity contribution in [1.29, 1.82) is 0 Å². The summed E-state index contributed by atoms with van der Waals surface area (Å²) in [6.07, 6.45) is 1.06. The number of hydrazone groups is 1. The summed E-state index contributed by atoms with van der Waals surface area (Å²) in [4.78, 5) is 12.3. The van der Waals surface area contributed by atoms with Gasteiger partial charge in [-0.2, -0.15) is 5.10 Å². The molecule has 0 fully saturated rings. The fourth-order valence-corrected chi connectivity index (χ4v) is 3.47. The third-order valence-corrected chi connectivity index (χ3v) is 5.27. The molecule has 8 nitrogen and oxygen atoms in total. The summed E-state index contributed by atoms with van der Waals surface area (Å²) in [5.74, 6) is 0.556. The smallest absolute Gasteiger partial charge is 0.260 e. The lowest BCUT2D eigenvalue weighted by molar-refractivity contribution is -0.119. The molecule has 0 aliphatic heterocycles. The molecule has 0 saturated carbocycles. The fraction of sp³-hybridized carbons (Fsp3) is 0.300. The van der Waals surface area contributed by atoms with Crippen LogP contribution in [0.1, 0.15) is 18.1 Å². The van der Waals surface area contributed by atoms with Gasteiger partial charge in [0.15, 0.2) is 11.5 Å². The number of nitrogens with zero attached hydrogens (tertiary/aromatic N) is 2. The third-order valence-electron chi connectivity index (χ3n) is 4.13. The average molecular weight is 420 g/mol. The lowest BCUT2D eigenvalue weighted by Crippen LogP contribution is -2.39. The van der Waals surface area contributed by atoms with Crippen LogP contribution in [0.5, 0.6) is 11.5 Å². The Hall–Kier alpha value is -3.07. The molecule has 2 aromatic carbocycles. The zero-order valence-corrected chi connectivity index (χ0v) is 17.9. The second-order valence-corrected chi connectivity index (χ2v) is 8.32. The van der Waals surface area contributed by atoms with E-state index in [2.05, 4.69) is 10.5 Å². The highest BCUT2D eigenvalue weighted by atomic mass is 32.2. The number of nitrogens with one attached hydrogen (secondary N) is 1. The Morgan fingerprint density at radius 1 is 1.10 bits per heavy atom. The summed E-state index contributed by atoms with van der Waals surface area (Å²) in [6, 6.07) is 12.2. The van der Waals surface area contributed by atoms with Gasteiger partial charge in [0.2, 0.25) is 10.0 Å². The van der Waals surface area contributed by atoms with Gasteiger partial charge in [-0.15, -0.1) is 0 Å².